The molecule has 3 rings (SSSR count). The third-order valence-corrected chi connectivity index (χ3v) is 5.86. The summed E-state index contributed by atoms with van der Waals surface area (Å²) in [5.41, 5.74) is 0.831. The zero-order valence-electron chi connectivity index (χ0n) is 15.8. The highest BCUT2D eigenvalue weighted by Crippen LogP contribution is 2.26. The molecule has 0 spiro atoms. The fraction of sp³-hybridized carbons (Fsp3) is 0.158. The molecular formula is C19H18FN3O5S. The van der Waals surface area contributed by atoms with Crippen molar-refractivity contribution in [3.05, 3.63) is 59.0 Å². The van der Waals surface area contributed by atoms with Crippen molar-refractivity contribution in [3.8, 4) is 0 Å². The minimum atomic E-state index is -4.20. The topological polar surface area (TPSA) is 117 Å². The molecule has 0 saturated heterocycles. The van der Waals surface area contributed by atoms with E-state index in [1.807, 2.05) is 0 Å². The largest absolute Gasteiger partial charge is 0.465 e. The predicted molar refractivity (Wildman–Crippen MR) is 105 cm³/mol. The number of carbonyl (C=O) groups is 2. The van der Waals surface area contributed by atoms with Crippen LogP contribution in [0.4, 0.5) is 10.1 Å². The molecule has 0 aliphatic rings. The molecule has 152 valence electrons. The molecule has 1 amide bonds. The van der Waals surface area contributed by atoms with Gasteiger partial charge in [-0.1, -0.05) is 0 Å². The van der Waals surface area contributed by atoms with Crippen LogP contribution in [-0.2, 0) is 14.8 Å². The Morgan fingerprint density at radius 2 is 1.86 bits per heavy atom. The Balaban J connectivity index is 2.00. The minimum Gasteiger partial charge on any atom is -0.465 e. The number of aromatic amines is 1. The average Bonchev–Trinajstić information content (AvgIpc) is 3.11. The molecule has 0 unspecified atom stereocenters. The van der Waals surface area contributed by atoms with E-state index in [4.69, 9.17) is 0 Å². The van der Waals surface area contributed by atoms with E-state index in [1.54, 1.807) is 12.1 Å². The lowest BCUT2D eigenvalue weighted by molar-refractivity contribution is 0.0599. The number of methoxy groups -OCH3 is 1. The van der Waals surface area contributed by atoms with Crippen molar-refractivity contribution in [2.75, 3.05) is 18.9 Å². The van der Waals surface area contributed by atoms with Crippen LogP contribution in [-0.4, -0.2) is 39.4 Å². The van der Waals surface area contributed by atoms with E-state index in [0.717, 1.165) is 19.2 Å². The normalized spacial score (nSPS) is 11.3. The van der Waals surface area contributed by atoms with E-state index in [-0.39, 0.29) is 27.6 Å². The van der Waals surface area contributed by atoms with Gasteiger partial charge in [0.25, 0.3) is 15.9 Å². The number of anilines is 1. The number of amides is 1. The van der Waals surface area contributed by atoms with Gasteiger partial charge in [0, 0.05) is 29.2 Å². The van der Waals surface area contributed by atoms with Crippen LogP contribution < -0.4 is 10.0 Å². The van der Waals surface area contributed by atoms with Crippen LogP contribution >= 0.6 is 0 Å². The molecule has 29 heavy (non-hydrogen) atoms. The lowest BCUT2D eigenvalue weighted by atomic mass is 10.1. The van der Waals surface area contributed by atoms with Crippen LogP contribution in [0.25, 0.3) is 10.9 Å². The van der Waals surface area contributed by atoms with Gasteiger partial charge >= 0.3 is 5.97 Å². The van der Waals surface area contributed by atoms with Crippen LogP contribution in [0.3, 0.4) is 0 Å². The van der Waals surface area contributed by atoms with E-state index in [2.05, 4.69) is 19.8 Å². The lowest BCUT2D eigenvalue weighted by Gasteiger charge is -2.12. The number of hydrogen-bond acceptors (Lipinski definition) is 5. The first-order valence-electron chi connectivity index (χ1n) is 8.42. The molecule has 2 aromatic carbocycles. The van der Waals surface area contributed by atoms with Crippen molar-refractivity contribution in [1.82, 2.24) is 10.3 Å². The van der Waals surface area contributed by atoms with Gasteiger partial charge in [-0.15, -0.1) is 0 Å². The van der Waals surface area contributed by atoms with Gasteiger partial charge in [0.2, 0.25) is 0 Å². The number of sulfonamides is 1. The van der Waals surface area contributed by atoms with Crippen LogP contribution in [0.2, 0.25) is 0 Å². The zero-order chi connectivity index (χ0) is 21.3. The number of halogens is 1. The van der Waals surface area contributed by atoms with Crippen LogP contribution in [0.5, 0.6) is 0 Å². The molecule has 0 aliphatic heterocycles. The SMILES string of the molecule is CNC(=O)c1cc2cc(NS(=O)(=O)c3cc(C(=O)OC)cc(F)c3C)ccc2[nH]1. The Morgan fingerprint density at radius 1 is 1.14 bits per heavy atom. The maximum atomic E-state index is 14.2. The maximum Gasteiger partial charge on any atom is 0.337 e. The monoisotopic (exact) mass is 419 g/mol. The summed E-state index contributed by atoms with van der Waals surface area (Å²) in [7, 11) is -1.59. The number of fused-ring (bicyclic) bond motifs is 1. The van der Waals surface area contributed by atoms with E-state index >= 15 is 0 Å². The number of carbonyl (C=O) groups excluding carboxylic acids is 2. The fourth-order valence-corrected chi connectivity index (χ4v) is 4.16. The van der Waals surface area contributed by atoms with Crippen LogP contribution in [0.15, 0.2) is 41.3 Å². The van der Waals surface area contributed by atoms with Crippen LogP contribution in [0.1, 0.15) is 26.4 Å². The summed E-state index contributed by atoms with van der Waals surface area (Å²) in [5.74, 6) is -2.01. The smallest absolute Gasteiger partial charge is 0.337 e. The molecule has 3 aromatic rings. The van der Waals surface area contributed by atoms with Gasteiger partial charge in [-0.25, -0.2) is 17.6 Å². The summed E-state index contributed by atoms with van der Waals surface area (Å²) in [6.45, 7) is 1.30. The van der Waals surface area contributed by atoms with Gasteiger partial charge in [-0.3, -0.25) is 9.52 Å². The first kappa shape index (κ1) is 20.3. The number of benzene rings is 2. The van der Waals surface area contributed by atoms with Crippen molar-refractivity contribution < 1.29 is 27.1 Å². The van der Waals surface area contributed by atoms with Gasteiger partial charge in [0.1, 0.15) is 11.5 Å². The first-order chi connectivity index (χ1) is 13.7. The maximum absolute atomic E-state index is 14.2. The molecule has 0 saturated carbocycles. The third-order valence-electron chi connectivity index (χ3n) is 4.35. The second kappa shape index (κ2) is 7.55. The number of hydrogen-bond donors (Lipinski definition) is 3. The Hall–Kier alpha value is -3.40. The second-order valence-electron chi connectivity index (χ2n) is 6.24. The Kier molecular flexibility index (Phi) is 5.29. The average molecular weight is 419 g/mol. The molecule has 0 aliphatic carbocycles. The second-order valence-corrected chi connectivity index (χ2v) is 7.89. The molecule has 0 fully saturated rings. The van der Waals surface area contributed by atoms with Crippen molar-refractivity contribution in [2.24, 2.45) is 0 Å². The molecule has 0 radical (unpaired) electrons. The van der Waals surface area contributed by atoms with Gasteiger partial charge in [-0.2, -0.15) is 0 Å². The summed E-state index contributed by atoms with van der Waals surface area (Å²) in [6.07, 6.45) is 0. The Labute approximate surface area is 166 Å². The van der Waals surface area contributed by atoms with Crippen molar-refractivity contribution in [3.63, 3.8) is 0 Å². The quantitative estimate of drug-likeness (QED) is 0.550. The van der Waals surface area contributed by atoms with E-state index in [0.29, 0.717) is 16.6 Å². The zero-order valence-corrected chi connectivity index (χ0v) is 16.6. The molecule has 10 heteroatoms. The molecule has 0 atom stereocenters. The van der Waals surface area contributed by atoms with Crippen LogP contribution in [0, 0.1) is 12.7 Å². The highest BCUT2D eigenvalue weighted by molar-refractivity contribution is 7.92. The van der Waals surface area contributed by atoms with Crippen molar-refractivity contribution in [2.45, 2.75) is 11.8 Å². The molecule has 3 N–H and O–H groups in total. The number of nitrogens with one attached hydrogen (secondary N) is 3. The summed E-state index contributed by atoms with van der Waals surface area (Å²) >= 11 is 0. The highest BCUT2D eigenvalue weighted by Gasteiger charge is 2.23. The minimum absolute atomic E-state index is 0.130. The van der Waals surface area contributed by atoms with Gasteiger partial charge < -0.3 is 15.0 Å². The lowest BCUT2D eigenvalue weighted by Crippen LogP contribution is -2.17. The third kappa shape index (κ3) is 3.92. The van der Waals surface area contributed by atoms with E-state index in [1.165, 1.54) is 26.1 Å². The Bertz CT molecular complexity index is 1230. The predicted octanol–water partition coefficient (Wildman–Crippen LogP) is 2.56. The number of esters is 1. The molecule has 1 heterocycles. The fourth-order valence-electron chi connectivity index (χ4n) is 2.83. The van der Waals surface area contributed by atoms with Crippen molar-refractivity contribution >= 4 is 38.5 Å². The number of aromatic nitrogens is 1. The summed E-state index contributed by atoms with van der Waals surface area (Å²) in [6, 6.07) is 8.20. The summed E-state index contributed by atoms with van der Waals surface area (Å²) in [4.78, 5) is 26.0. The van der Waals surface area contributed by atoms with Gasteiger partial charge in [0.05, 0.1) is 17.6 Å². The standard InChI is InChI=1S/C19H18FN3O5S/c1-10-14(20)7-12(19(25)28-3)9-17(10)29(26,27)23-13-4-5-15-11(6-13)8-16(22-15)18(24)21-2/h4-9,22-23H,1-3H3,(H,21,24). The van der Waals surface area contributed by atoms with E-state index < -0.39 is 21.8 Å². The summed E-state index contributed by atoms with van der Waals surface area (Å²) in [5, 5.41) is 3.10. The highest BCUT2D eigenvalue weighted by atomic mass is 32.2. The number of ether oxygens (including phenoxy) is 1. The number of rotatable bonds is 5. The molecule has 8 nitrogen and oxygen atoms in total. The molecular weight excluding hydrogens is 401 g/mol. The van der Waals surface area contributed by atoms with Crippen molar-refractivity contribution in [1.29, 1.82) is 0 Å². The Morgan fingerprint density at radius 3 is 2.52 bits per heavy atom. The summed E-state index contributed by atoms with van der Waals surface area (Å²) < 4.78 is 46.8. The van der Waals surface area contributed by atoms with Gasteiger partial charge in [0.15, 0.2) is 0 Å². The van der Waals surface area contributed by atoms with E-state index in [9.17, 15) is 22.4 Å². The molecule has 1 aromatic heterocycles. The number of H-pyrrole nitrogens is 1. The van der Waals surface area contributed by atoms with Gasteiger partial charge in [-0.05, 0) is 43.3 Å². The molecule has 0 bridgehead atoms. The first-order valence-corrected chi connectivity index (χ1v) is 9.90.